The normalized spacial score (nSPS) is 15.6. The van der Waals surface area contributed by atoms with Gasteiger partial charge in [-0.2, -0.15) is 0 Å². The van der Waals surface area contributed by atoms with Crippen molar-refractivity contribution in [3.8, 4) is 0 Å². The van der Waals surface area contributed by atoms with E-state index in [1.54, 1.807) is 18.5 Å². The van der Waals surface area contributed by atoms with Crippen molar-refractivity contribution in [3.63, 3.8) is 0 Å². The number of aromatic nitrogens is 3. The molecule has 1 aliphatic heterocycles. The average molecular weight is 404 g/mol. The number of nitrogens with one attached hydrogen (secondary N) is 1. The molecule has 0 radical (unpaired) electrons. The van der Waals surface area contributed by atoms with Crippen LogP contribution in [0, 0.1) is 11.6 Å². The van der Waals surface area contributed by atoms with E-state index in [0.29, 0.717) is 24.1 Å². The maximum absolute atomic E-state index is 14.3. The summed E-state index contributed by atoms with van der Waals surface area (Å²) in [4.78, 5) is 8.95. The minimum absolute atomic E-state index is 0.0294. The summed E-state index contributed by atoms with van der Waals surface area (Å²) in [6.45, 7) is 0.354. The van der Waals surface area contributed by atoms with Crippen molar-refractivity contribution in [2.75, 3.05) is 5.32 Å². The van der Waals surface area contributed by atoms with Crippen LogP contribution in [0.4, 0.5) is 14.5 Å². The van der Waals surface area contributed by atoms with Crippen LogP contribution in [0.25, 0.3) is 16.6 Å². The van der Waals surface area contributed by atoms with Crippen molar-refractivity contribution >= 4 is 22.3 Å². The van der Waals surface area contributed by atoms with Crippen LogP contribution in [0.2, 0.25) is 0 Å². The van der Waals surface area contributed by atoms with Crippen LogP contribution in [0.3, 0.4) is 0 Å². The van der Waals surface area contributed by atoms with Crippen molar-refractivity contribution in [1.82, 2.24) is 14.5 Å². The first-order chi connectivity index (χ1) is 14.6. The van der Waals surface area contributed by atoms with Crippen LogP contribution in [0.1, 0.15) is 17.0 Å². The zero-order valence-corrected chi connectivity index (χ0v) is 15.9. The van der Waals surface area contributed by atoms with Crippen LogP contribution in [-0.2, 0) is 13.0 Å². The van der Waals surface area contributed by atoms with Crippen LogP contribution < -0.4 is 5.32 Å². The number of allylic oxidation sites excluding steroid dienone is 1. The Hall–Kier alpha value is -3.58. The first-order valence-corrected chi connectivity index (χ1v) is 9.57. The topological polar surface area (TPSA) is 63.0 Å². The highest BCUT2D eigenvalue weighted by molar-refractivity contribution is 5.82. The molecular formula is C23H18F2N4O. The van der Waals surface area contributed by atoms with E-state index in [9.17, 15) is 13.9 Å². The Bertz CT molecular complexity index is 1270. The maximum Gasteiger partial charge on any atom is 0.182 e. The largest absolute Gasteiger partial charge is 0.370 e. The minimum Gasteiger partial charge on any atom is -0.370 e. The van der Waals surface area contributed by atoms with Gasteiger partial charge in [-0.25, -0.2) is 13.8 Å². The Kier molecular flexibility index (Phi) is 4.52. The van der Waals surface area contributed by atoms with Crippen LogP contribution in [0.5, 0.6) is 0 Å². The minimum atomic E-state index is -1.11. The van der Waals surface area contributed by atoms with Crippen LogP contribution in [-0.4, -0.2) is 25.9 Å². The summed E-state index contributed by atoms with van der Waals surface area (Å²) < 4.78 is 30.1. The van der Waals surface area contributed by atoms with Gasteiger partial charge in [0.15, 0.2) is 11.6 Å². The summed E-state index contributed by atoms with van der Waals surface area (Å²) >= 11 is 0. The van der Waals surface area contributed by atoms with E-state index in [-0.39, 0.29) is 5.69 Å². The fourth-order valence-corrected chi connectivity index (χ4v) is 3.86. The number of halogens is 2. The van der Waals surface area contributed by atoms with Crippen molar-refractivity contribution in [2.24, 2.45) is 0 Å². The Balaban J connectivity index is 1.60. The second-order valence-corrected chi connectivity index (χ2v) is 7.21. The molecule has 3 heterocycles. The molecule has 30 heavy (non-hydrogen) atoms. The molecule has 5 rings (SSSR count). The number of aliphatic hydroxyl groups excluding tert-OH is 1. The lowest BCUT2D eigenvalue weighted by Crippen LogP contribution is -2.24. The molecule has 1 unspecified atom stereocenters. The summed E-state index contributed by atoms with van der Waals surface area (Å²) in [7, 11) is 0. The van der Waals surface area contributed by atoms with Crippen LogP contribution in [0.15, 0.2) is 67.0 Å². The molecule has 0 saturated carbocycles. The number of para-hydroxylation sites is 2. The van der Waals surface area contributed by atoms with Gasteiger partial charge in [0.05, 0.1) is 16.7 Å². The number of benzene rings is 2. The average Bonchev–Trinajstić information content (AvgIpc) is 3.09. The summed E-state index contributed by atoms with van der Waals surface area (Å²) in [5, 5.41) is 12.8. The predicted octanol–water partition coefficient (Wildman–Crippen LogP) is 4.13. The number of anilines is 1. The molecule has 0 aliphatic carbocycles. The van der Waals surface area contributed by atoms with Gasteiger partial charge in [-0.1, -0.05) is 18.2 Å². The van der Waals surface area contributed by atoms with Crippen molar-refractivity contribution in [2.45, 2.75) is 19.2 Å². The van der Waals surface area contributed by atoms with Gasteiger partial charge in [-0.15, -0.1) is 0 Å². The van der Waals surface area contributed by atoms with E-state index in [1.165, 1.54) is 6.07 Å². The number of fused-ring (bicyclic) bond motifs is 2. The number of pyridine rings is 1. The van der Waals surface area contributed by atoms with Crippen LogP contribution >= 0.6 is 0 Å². The zero-order valence-electron chi connectivity index (χ0n) is 15.9. The number of nitrogens with zero attached hydrogens (tertiary/aromatic N) is 3. The SMILES string of the molecule is OC1C=C(Cn2c(Cc3cccnc3)nc3ccccc32)c2ccc(F)c(F)c2N1. The molecule has 2 aromatic carbocycles. The number of aliphatic hydroxyl groups is 1. The van der Waals surface area contributed by atoms with Gasteiger partial charge in [0.25, 0.3) is 0 Å². The fraction of sp³-hybridized carbons (Fsp3) is 0.130. The third-order valence-electron chi connectivity index (χ3n) is 5.24. The molecule has 2 N–H and O–H groups in total. The lowest BCUT2D eigenvalue weighted by atomic mass is 9.98. The molecule has 4 aromatic rings. The molecule has 7 heteroatoms. The standard InChI is InChI=1S/C23H18F2N4O/c24-17-8-7-16-15(11-21(30)28-23(16)22(17)25)13-29-19-6-2-1-5-18(19)27-20(29)10-14-4-3-9-26-12-14/h1-9,11-12,21,28,30H,10,13H2. The van der Waals surface area contributed by atoms with Crippen molar-refractivity contribution < 1.29 is 13.9 Å². The lowest BCUT2D eigenvalue weighted by molar-refractivity contribution is 0.250. The van der Waals surface area contributed by atoms with E-state index in [0.717, 1.165) is 28.5 Å². The number of hydrogen-bond donors (Lipinski definition) is 2. The van der Waals surface area contributed by atoms with E-state index in [4.69, 9.17) is 4.98 Å². The molecule has 0 bridgehead atoms. The quantitative estimate of drug-likeness (QED) is 0.537. The van der Waals surface area contributed by atoms with Gasteiger partial charge >= 0.3 is 0 Å². The van der Waals surface area contributed by atoms with Gasteiger partial charge in [0.2, 0.25) is 0 Å². The molecule has 5 nitrogen and oxygen atoms in total. The molecule has 0 amide bonds. The van der Waals surface area contributed by atoms with Gasteiger partial charge < -0.3 is 15.0 Å². The Morgan fingerprint density at radius 1 is 1.07 bits per heavy atom. The summed E-state index contributed by atoms with van der Waals surface area (Å²) in [5.74, 6) is -1.13. The highest BCUT2D eigenvalue weighted by Crippen LogP contribution is 2.34. The van der Waals surface area contributed by atoms with E-state index < -0.39 is 17.9 Å². The summed E-state index contributed by atoms with van der Waals surface area (Å²) in [6, 6.07) is 14.3. The molecule has 0 saturated heterocycles. The molecule has 0 spiro atoms. The molecular weight excluding hydrogens is 386 g/mol. The van der Waals surface area contributed by atoms with Gasteiger partial charge in [-0.05, 0) is 47.5 Å². The summed E-state index contributed by atoms with van der Waals surface area (Å²) in [5.41, 5.74) is 3.96. The first kappa shape index (κ1) is 18.4. The molecule has 1 atom stereocenters. The third kappa shape index (κ3) is 3.23. The van der Waals surface area contributed by atoms with Gasteiger partial charge in [0.1, 0.15) is 12.1 Å². The highest BCUT2D eigenvalue weighted by Gasteiger charge is 2.24. The van der Waals surface area contributed by atoms with E-state index in [1.807, 2.05) is 41.0 Å². The molecule has 2 aromatic heterocycles. The number of hydrogen-bond acceptors (Lipinski definition) is 4. The van der Waals surface area contributed by atoms with Crippen molar-refractivity contribution in [3.05, 3.63) is 95.6 Å². The van der Waals surface area contributed by atoms with Gasteiger partial charge in [-0.3, -0.25) is 4.98 Å². The van der Waals surface area contributed by atoms with Gasteiger partial charge in [0, 0.05) is 30.9 Å². The highest BCUT2D eigenvalue weighted by atomic mass is 19.2. The Morgan fingerprint density at radius 3 is 2.77 bits per heavy atom. The lowest BCUT2D eigenvalue weighted by Gasteiger charge is -2.25. The molecule has 1 aliphatic rings. The first-order valence-electron chi connectivity index (χ1n) is 9.57. The fourth-order valence-electron chi connectivity index (χ4n) is 3.86. The number of rotatable bonds is 4. The Morgan fingerprint density at radius 2 is 1.93 bits per heavy atom. The Labute approximate surface area is 171 Å². The second-order valence-electron chi connectivity index (χ2n) is 7.21. The zero-order chi connectivity index (χ0) is 20.7. The third-order valence-corrected chi connectivity index (χ3v) is 5.24. The second kappa shape index (κ2) is 7.35. The number of imidazole rings is 1. The smallest absolute Gasteiger partial charge is 0.182 e. The summed E-state index contributed by atoms with van der Waals surface area (Å²) in [6.07, 6.45) is 4.59. The molecule has 0 fully saturated rings. The maximum atomic E-state index is 14.3. The molecule has 150 valence electrons. The monoisotopic (exact) mass is 404 g/mol. The van der Waals surface area contributed by atoms with Crippen molar-refractivity contribution in [1.29, 1.82) is 0 Å². The van der Waals surface area contributed by atoms with E-state index in [2.05, 4.69) is 10.3 Å². The predicted molar refractivity (Wildman–Crippen MR) is 111 cm³/mol. The van der Waals surface area contributed by atoms with E-state index >= 15 is 0 Å².